The number of para-hydroxylation sites is 1. The van der Waals surface area contributed by atoms with Crippen molar-refractivity contribution in [1.29, 1.82) is 0 Å². The van der Waals surface area contributed by atoms with Crippen molar-refractivity contribution in [2.45, 2.75) is 13.8 Å². The normalized spacial score (nSPS) is 11.8. The van der Waals surface area contributed by atoms with Crippen LogP contribution in [-0.2, 0) is 7.05 Å². The van der Waals surface area contributed by atoms with Crippen LogP contribution in [0.4, 0.5) is 0 Å². The highest BCUT2D eigenvalue weighted by Crippen LogP contribution is 2.44. The van der Waals surface area contributed by atoms with E-state index in [4.69, 9.17) is 4.42 Å². The number of furan rings is 1. The van der Waals surface area contributed by atoms with Crippen LogP contribution in [0, 0.1) is 13.8 Å². The summed E-state index contributed by atoms with van der Waals surface area (Å²) in [6.07, 6.45) is 0. The summed E-state index contributed by atoms with van der Waals surface area (Å²) in [4.78, 5) is 12.8. The van der Waals surface area contributed by atoms with E-state index in [2.05, 4.69) is 0 Å². The fourth-order valence-electron chi connectivity index (χ4n) is 3.17. The van der Waals surface area contributed by atoms with Crippen LogP contribution in [0.5, 0.6) is 11.5 Å². The Morgan fingerprint density at radius 3 is 2.35 bits per heavy atom. The summed E-state index contributed by atoms with van der Waals surface area (Å²) < 4.78 is 7.35. The zero-order valence-electron chi connectivity index (χ0n) is 13.0. The van der Waals surface area contributed by atoms with Gasteiger partial charge in [0.1, 0.15) is 5.75 Å². The van der Waals surface area contributed by atoms with Gasteiger partial charge < -0.3 is 19.2 Å². The molecule has 4 rings (SSSR count). The number of benzene rings is 2. The molecule has 0 radical (unpaired) electrons. The second-order valence-electron chi connectivity index (χ2n) is 5.84. The third kappa shape index (κ3) is 1.54. The van der Waals surface area contributed by atoms with Gasteiger partial charge in [-0.05, 0) is 31.5 Å². The molecule has 2 aromatic carbocycles. The molecular formula is C18H15NO4. The van der Waals surface area contributed by atoms with E-state index in [0.717, 1.165) is 10.9 Å². The molecule has 0 spiro atoms. The van der Waals surface area contributed by atoms with Gasteiger partial charge in [0.2, 0.25) is 0 Å². The van der Waals surface area contributed by atoms with Crippen molar-refractivity contribution in [2.75, 3.05) is 0 Å². The van der Waals surface area contributed by atoms with E-state index in [1.165, 1.54) is 4.57 Å². The Morgan fingerprint density at radius 2 is 1.61 bits per heavy atom. The quantitative estimate of drug-likeness (QED) is 0.488. The van der Waals surface area contributed by atoms with Gasteiger partial charge >= 0.3 is 0 Å². The van der Waals surface area contributed by atoms with Gasteiger partial charge in [-0.15, -0.1) is 0 Å². The van der Waals surface area contributed by atoms with E-state index < -0.39 is 0 Å². The Morgan fingerprint density at radius 1 is 0.957 bits per heavy atom. The van der Waals surface area contributed by atoms with E-state index in [-0.39, 0.29) is 33.4 Å². The van der Waals surface area contributed by atoms with E-state index >= 15 is 0 Å². The first-order valence-electron chi connectivity index (χ1n) is 7.28. The number of hydrogen-bond acceptors (Lipinski definition) is 4. The minimum Gasteiger partial charge on any atom is -0.507 e. The Kier molecular flexibility index (Phi) is 2.55. The van der Waals surface area contributed by atoms with Crippen LogP contribution in [0.1, 0.15) is 11.1 Å². The zero-order valence-corrected chi connectivity index (χ0v) is 13.0. The first-order valence-corrected chi connectivity index (χ1v) is 7.28. The molecule has 4 aromatic rings. The van der Waals surface area contributed by atoms with E-state index in [1.54, 1.807) is 20.9 Å². The second-order valence-corrected chi connectivity index (χ2v) is 5.84. The molecule has 5 nitrogen and oxygen atoms in total. The van der Waals surface area contributed by atoms with Crippen molar-refractivity contribution in [3.05, 3.63) is 45.7 Å². The predicted octanol–water partition coefficient (Wildman–Crippen LogP) is 3.47. The fourth-order valence-corrected chi connectivity index (χ4v) is 3.17. The van der Waals surface area contributed by atoms with Crippen LogP contribution >= 0.6 is 0 Å². The number of aryl methyl sites for hydroxylation is 1. The van der Waals surface area contributed by atoms with Crippen molar-refractivity contribution in [1.82, 2.24) is 4.57 Å². The van der Waals surface area contributed by atoms with Gasteiger partial charge in [-0.25, -0.2) is 0 Å². The van der Waals surface area contributed by atoms with Crippen LogP contribution in [-0.4, -0.2) is 14.8 Å². The highest BCUT2D eigenvalue weighted by Gasteiger charge is 2.24. The SMILES string of the molecule is Cc1c(C)c(O)c2c(oc3c4ccccc4n(C)c(=O)c32)c1O. The summed E-state index contributed by atoms with van der Waals surface area (Å²) in [5, 5.41) is 22.2. The Bertz CT molecular complexity index is 1180. The highest BCUT2D eigenvalue weighted by atomic mass is 16.4. The maximum absolute atomic E-state index is 12.8. The van der Waals surface area contributed by atoms with Crippen LogP contribution < -0.4 is 5.56 Å². The molecule has 23 heavy (non-hydrogen) atoms. The minimum atomic E-state index is -0.268. The number of nitrogens with zero attached hydrogens (tertiary/aromatic N) is 1. The molecule has 0 unspecified atom stereocenters. The summed E-state index contributed by atoms with van der Waals surface area (Å²) in [6.45, 7) is 3.40. The lowest BCUT2D eigenvalue weighted by atomic mass is 10.0. The van der Waals surface area contributed by atoms with Crippen LogP contribution in [0.3, 0.4) is 0 Å². The molecule has 0 aliphatic rings. The molecular weight excluding hydrogens is 294 g/mol. The summed E-state index contributed by atoms with van der Waals surface area (Å²) in [5.41, 5.74) is 2.07. The van der Waals surface area contributed by atoms with Crippen molar-refractivity contribution >= 4 is 32.8 Å². The maximum atomic E-state index is 12.8. The molecule has 0 aliphatic carbocycles. The van der Waals surface area contributed by atoms with Gasteiger partial charge in [-0.3, -0.25) is 4.79 Å². The number of hydrogen-bond donors (Lipinski definition) is 2. The lowest BCUT2D eigenvalue weighted by molar-refractivity contribution is 0.453. The molecule has 0 amide bonds. The maximum Gasteiger partial charge on any atom is 0.262 e. The van der Waals surface area contributed by atoms with E-state index in [1.807, 2.05) is 24.3 Å². The van der Waals surface area contributed by atoms with Gasteiger partial charge in [0.05, 0.1) is 16.3 Å². The average molecular weight is 309 g/mol. The molecule has 2 heterocycles. The molecule has 0 saturated carbocycles. The molecule has 116 valence electrons. The number of aromatic hydroxyl groups is 2. The summed E-state index contributed by atoms with van der Waals surface area (Å²) >= 11 is 0. The highest BCUT2D eigenvalue weighted by molar-refractivity contribution is 6.17. The summed E-state index contributed by atoms with van der Waals surface area (Å²) in [5.74, 6) is -0.0703. The number of pyridine rings is 1. The molecule has 0 saturated heterocycles. The van der Waals surface area contributed by atoms with Crippen LogP contribution in [0.25, 0.3) is 32.8 Å². The fraction of sp³-hybridized carbons (Fsp3) is 0.167. The standard InChI is InChI=1S/C18H15NO4/c1-8-9(2)15(21)17-12(14(8)20)13-16(23-17)10-6-4-5-7-11(10)19(3)18(13)22/h4-7,20-21H,1-3H3. The molecule has 2 aromatic heterocycles. The predicted molar refractivity (Wildman–Crippen MR) is 89.3 cm³/mol. The number of phenolic OH excluding ortho intramolecular Hbond substituents is 2. The number of aromatic nitrogens is 1. The van der Waals surface area contributed by atoms with Crippen molar-refractivity contribution in [2.24, 2.45) is 7.05 Å². The molecule has 2 N–H and O–H groups in total. The van der Waals surface area contributed by atoms with Crippen molar-refractivity contribution < 1.29 is 14.6 Å². The largest absolute Gasteiger partial charge is 0.507 e. The molecule has 0 fully saturated rings. The Hall–Kier alpha value is -2.95. The van der Waals surface area contributed by atoms with Crippen LogP contribution in [0.2, 0.25) is 0 Å². The molecule has 0 bridgehead atoms. The first kappa shape index (κ1) is 13.7. The van der Waals surface area contributed by atoms with Gasteiger partial charge in [0.15, 0.2) is 16.9 Å². The Balaban J connectivity index is 2.45. The van der Waals surface area contributed by atoms with E-state index in [9.17, 15) is 15.0 Å². The van der Waals surface area contributed by atoms with Gasteiger partial charge in [-0.1, -0.05) is 12.1 Å². The number of phenols is 2. The number of fused-ring (bicyclic) bond motifs is 5. The summed E-state index contributed by atoms with van der Waals surface area (Å²) in [6, 6.07) is 7.39. The molecule has 0 atom stereocenters. The second kappa shape index (κ2) is 4.29. The smallest absolute Gasteiger partial charge is 0.262 e. The topological polar surface area (TPSA) is 75.6 Å². The monoisotopic (exact) mass is 309 g/mol. The third-order valence-corrected chi connectivity index (χ3v) is 4.66. The zero-order chi connectivity index (χ0) is 16.5. The molecule has 0 aliphatic heterocycles. The van der Waals surface area contributed by atoms with Crippen molar-refractivity contribution in [3.8, 4) is 11.5 Å². The summed E-state index contributed by atoms with van der Waals surface area (Å²) in [7, 11) is 1.68. The minimum absolute atomic E-state index is 0.0265. The Labute approximate surface area is 131 Å². The molecule has 5 heteroatoms. The average Bonchev–Trinajstić information content (AvgIpc) is 2.97. The number of rotatable bonds is 0. The lowest BCUT2D eigenvalue weighted by Gasteiger charge is -2.07. The van der Waals surface area contributed by atoms with Gasteiger partial charge in [-0.2, -0.15) is 0 Å². The van der Waals surface area contributed by atoms with Crippen LogP contribution in [0.15, 0.2) is 33.5 Å². The lowest BCUT2D eigenvalue weighted by Crippen LogP contribution is -2.16. The van der Waals surface area contributed by atoms with Gasteiger partial charge in [0.25, 0.3) is 5.56 Å². The van der Waals surface area contributed by atoms with E-state index in [0.29, 0.717) is 16.7 Å². The first-order chi connectivity index (χ1) is 10.9. The van der Waals surface area contributed by atoms with Crippen molar-refractivity contribution in [3.63, 3.8) is 0 Å². The third-order valence-electron chi connectivity index (χ3n) is 4.66. The van der Waals surface area contributed by atoms with Gasteiger partial charge in [0, 0.05) is 18.0 Å².